The molecule has 4 N–H and O–H groups in total. The maximum atomic E-state index is 12.7. The number of esters is 2. The fraction of sp³-hybridized carbons (Fsp3) is 0.250. The summed E-state index contributed by atoms with van der Waals surface area (Å²) in [6.07, 6.45) is 3.32. The zero-order chi connectivity index (χ0) is 32.1. The van der Waals surface area contributed by atoms with Crippen molar-refractivity contribution in [2.45, 2.75) is 38.6 Å². The van der Waals surface area contributed by atoms with Gasteiger partial charge in [-0.15, -0.1) is 0 Å². The summed E-state index contributed by atoms with van der Waals surface area (Å²) in [6.45, 7) is 2.07. The van der Waals surface area contributed by atoms with Crippen molar-refractivity contribution in [3.63, 3.8) is 0 Å². The lowest BCUT2D eigenvalue weighted by molar-refractivity contribution is -0.154. The van der Waals surface area contributed by atoms with E-state index in [0.717, 1.165) is 33.5 Å². The highest BCUT2D eigenvalue weighted by molar-refractivity contribution is 6.08. The summed E-state index contributed by atoms with van der Waals surface area (Å²) in [5.41, 5.74) is 2.33. The van der Waals surface area contributed by atoms with Crippen LogP contribution < -0.4 is 21.3 Å². The summed E-state index contributed by atoms with van der Waals surface area (Å²) in [5, 5.41) is 10.5. The largest absolute Gasteiger partial charge is 0.467 e. The van der Waals surface area contributed by atoms with Crippen LogP contribution in [0.4, 0.5) is 17.1 Å². The van der Waals surface area contributed by atoms with Gasteiger partial charge in [-0.05, 0) is 79.2 Å². The van der Waals surface area contributed by atoms with E-state index < -0.39 is 29.8 Å². The Kier molecular flexibility index (Phi) is 12.1. The van der Waals surface area contributed by atoms with Gasteiger partial charge in [0.05, 0.1) is 14.2 Å². The summed E-state index contributed by atoms with van der Waals surface area (Å²) in [6, 6.07) is 17.0. The van der Waals surface area contributed by atoms with Crippen LogP contribution in [-0.2, 0) is 23.9 Å². The third-order valence-electron chi connectivity index (χ3n) is 6.40. The molecule has 0 unspecified atom stereocenters. The second-order valence-corrected chi connectivity index (χ2v) is 9.60. The molecule has 12 nitrogen and oxygen atoms in total. The molecule has 230 valence electrons. The Balaban J connectivity index is 1.53. The maximum absolute atomic E-state index is 12.7. The topological polar surface area (TPSA) is 169 Å². The molecule has 0 atom stereocenters. The molecule has 0 heterocycles. The van der Waals surface area contributed by atoms with Crippen molar-refractivity contribution < 1.29 is 38.2 Å². The average Bonchev–Trinajstić information content (AvgIpc) is 3.03. The number of carbonyl (C=O) groups excluding carboxylic acids is 6. The number of methoxy groups -OCH3 is 2. The van der Waals surface area contributed by atoms with Crippen LogP contribution in [-0.4, -0.2) is 55.8 Å². The van der Waals surface area contributed by atoms with Crippen LogP contribution in [0.5, 0.6) is 0 Å². The summed E-state index contributed by atoms with van der Waals surface area (Å²) in [5.74, 6) is -3.52. The van der Waals surface area contributed by atoms with E-state index in [1.54, 1.807) is 48.5 Å². The van der Waals surface area contributed by atoms with Crippen molar-refractivity contribution in [2.75, 3.05) is 30.2 Å². The molecule has 4 amide bonds. The third-order valence-corrected chi connectivity index (χ3v) is 6.40. The summed E-state index contributed by atoms with van der Waals surface area (Å²) in [4.78, 5) is 73.4. The molecule has 3 aromatic carbocycles. The molecule has 12 heteroatoms. The number of hydrogen-bond donors (Lipinski definition) is 4. The molecule has 0 aliphatic heterocycles. The predicted molar refractivity (Wildman–Crippen MR) is 163 cm³/mol. The minimum absolute atomic E-state index is 0.0631. The molecule has 0 saturated carbocycles. The first-order valence-electron chi connectivity index (χ1n) is 13.8. The lowest BCUT2D eigenvalue weighted by atomic mass is 10.1. The first kappa shape index (κ1) is 33.0. The van der Waals surface area contributed by atoms with Crippen LogP contribution in [0.1, 0.15) is 63.7 Å². The summed E-state index contributed by atoms with van der Waals surface area (Å²) in [7, 11) is 2.15. The van der Waals surface area contributed by atoms with Crippen molar-refractivity contribution in [2.24, 2.45) is 0 Å². The Morgan fingerprint density at radius 1 is 0.568 bits per heavy atom. The van der Waals surface area contributed by atoms with E-state index in [0.29, 0.717) is 34.6 Å². The van der Waals surface area contributed by atoms with E-state index in [1.165, 1.54) is 24.3 Å². The Labute approximate surface area is 254 Å². The Bertz CT molecular complexity index is 1470. The van der Waals surface area contributed by atoms with Crippen LogP contribution >= 0.6 is 0 Å². The van der Waals surface area contributed by atoms with Gasteiger partial charge >= 0.3 is 11.9 Å². The number of ether oxygens (including phenoxy) is 2. The van der Waals surface area contributed by atoms with Crippen LogP contribution in [0.15, 0.2) is 72.8 Å². The third kappa shape index (κ3) is 9.51. The van der Waals surface area contributed by atoms with Crippen molar-refractivity contribution in [1.29, 1.82) is 0 Å². The minimum Gasteiger partial charge on any atom is -0.467 e. The first-order valence-corrected chi connectivity index (χ1v) is 13.8. The fourth-order valence-corrected chi connectivity index (χ4v) is 3.94. The lowest BCUT2D eigenvalue weighted by Gasteiger charge is -2.14. The molecule has 3 aromatic rings. The first-order chi connectivity index (χ1) is 21.1. The van der Waals surface area contributed by atoms with Gasteiger partial charge in [-0.3, -0.25) is 19.2 Å². The van der Waals surface area contributed by atoms with Crippen LogP contribution in [0, 0.1) is 0 Å². The van der Waals surface area contributed by atoms with Crippen molar-refractivity contribution >= 4 is 52.6 Å². The SMILES string of the molecule is CCCCCC(=O)Nc1ccc(C(=O)Nc2ccc(C(=O)Nc3ccc(C(=O)NC(C(=O)OC)C(=O)OC)cc3)cc2)cc1. The number of carbonyl (C=O) groups is 6. The highest BCUT2D eigenvalue weighted by Gasteiger charge is 2.30. The number of benzene rings is 3. The van der Waals surface area contributed by atoms with Crippen LogP contribution in [0.2, 0.25) is 0 Å². The second kappa shape index (κ2) is 16.2. The van der Waals surface area contributed by atoms with Crippen molar-refractivity contribution in [1.82, 2.24) is 5.32 Å². The molecular weight excluding hydrogens is 568 g/mol. The molecule has 0 aliphatic rings. The van der Waals surface area contributed by atoms with E-state index in [1.807, 2.05) is 0 Å². The normalized spacial score (nSPS) is 10.4. The molecule has 0 spiro atoms. The molecule has 44 heavy (non-hydrogen) atoms. The van der Waals surface area contributed by atoms with E-state index in [-0.39, 0.29) is 17.4 Å². The van der Waals surface area contributed by atoms with Gasteiger partial charge in [0.15, 0.2) is 0 Å². The predicted octanol–water partition coefficient (Wildman–Crippen LogP) is 4.15. The maximum Gasteiger partial charge on any atom is 0.340 e. The minimum atomic E-state index is -1.62. The molecule has 0 radical (unpaired) electrons. The van der Waals surface area contributed by atoms with Crippen LogP contribution in [0.25, 0.3) is 0 Å². The standard InChI is InChI=1S/C32H34N4O8/c1-4-5-6-7-26(37)33-23-14-8-20(9-15-23)28(38)34-24-16-10-21(11-17-24)29(39)35-25-18-12-22(13-19-25)30(40)36-27(31(41)43-2)32(42)44-3/h8-19,27H,4-7H2,1-3H3,(H,33,37)(H,34,38)(H,35,39)(H,36,40). The Hall–Kier alpha value is -5.52. The van der Waals surface area contributed by atoms with Crippen LogP contribution in [0.3, 0.4) is 0 Å². The average molecular weight is 603 g/mol. The van der Waals surface area contributed by atoms with Gasteiger partial charge in [0.1, 0.15) is 0 Å². The smallest absolute Gasteiger partial charge is 0.340 e. The molecule has 0 fully saturated rings. The van der Waals surface area contributed by atoms with Gasteiger partial charge < -0.3 is 30.7 Å². The van der Waals surface area contributed by atoms with E-state index in [9.17, 15) is 28.8 Å². The fourth-order valence-electron chi connectivity index (χ4n) is 3.94. The molecular formula is C32H34N4O8. The highest BCUT2D eigenvalue weighted by Crippen LogP contribution is 2.16. The molecule has 3 rings (SSSR count). The molecule has 0 bridgehead atoms. The number of rotatable bonds is 13. The highest BCUT2D eigenvalue weighted by atomic mass is 16.5. The molecule has 0 aromatic heterocycles. The van der Waals surface area contributed by atoms with Gasteiger partial charge in [-0.25, -0.2) is 9.59 Å². The number of anilines is 3. The number of nitrogens with one attached hydrogen (secondary N) is 4. The molecule has 0 aliphatic carbocycles. The van der Waals surface area contributed by atoms with E-state index >= 15 is 0 Å². The number of amides is 4. The summed E-state index contributed by atoms with van der Waals surface area (Å²) >= 11 is 0. The van der Waals surface area contributed by atoms with Gasteiger partial charge in [0, 0.05) is 40.2 Å². The van der Waals surface area contributed by atoms with Gasteiger partial charge in [0.25, 0.3) is 17.7 Å². The lowest BCUT2D eigenvalue weighted by Crippen LogP contribution is -2.47. The van der Waals surface area contributed by atoms with Gasteiger partial charge in [-0.1, -0.05) is 19.8 Å². The number of unbranched alkanes of at least 4 members (excludes halogenated alkanes) is 2. The molecule has 0 saturated heterocycles. The van der Waals surface area contributed by atoms with Crippen molar-refractivity contribution in [3.05, 3.63) is 89.5 Å². The monoisotopic (exact) mass is 602 g/mol. The number of hydrogen-bond acceptors (Lipinski definition) is 8. The Morgan fingerprint density at radius 3 is 1.34 bits per heavy atom. The second-order valence-electron chi connectivity index (χ2n) is 9.60. The summed E-state index contributed by atoms with van der Waals surface area (Å²) < 4.78 is 9.03. The zero-order valence-electron chi connectivity index (χ0n) is 24.6. The zero-order valence-corrected chi connectivity index (χ0v) is 24.6. The van der Waals surface area contributed by atoms with Gasteiger partial charge in [0.2, 0.25) is 11.9 Å². The quantitative estimate of drug-likeness (QED) is 0.128. The van der Waals surface area contributed by atoms with Gasteiger partial charge in [-0.2, -0.15) is 0 Å². The van der Waals surface area contributed by atoms with Crippen molar-refractivity contribution in [3.8, 4) is 0 Å². The Morgan fingerprint density at radius 2 is 0.955 bits per heavy atom. The van der Waals surface area contributed by atoms with E-state index in [2.05, 4.69) is 37.7 Å². The van der Waals surface area contributed by atoms with E-state index in [4.69, 9.17) is 0 Å².